The van der Waals surface area contributed by atoms with Gasteiger partial charge in [-0.25, -0.2) is 0 Å². The van der Waals surface area contributed by atoms with E-state index in [1.165, 1.54) is 0 Å². The molecule has 132 valence electrons. The van der Waals surface area contributed by atoms with Crippen LogP contribution in [-0.4, -0.2) is 6.73 Å². The maximum absolute atomic E-state index is 9.54. The number of nitrogens with zero attached hydrogens (tertiary/aromatic N) is 2. The van der Waals surface area contributed by atoms with E-state index >= 15 is 0 Å². The second-order valence-corrected chi connectivity index (χ2v) is 6.86. The van der Waals surface area contributed by atoms with Crippen LogP contribution in [0.2, 0.25) is 20.1 Å². The summed E-state index contributed by atoms with van der Waals surface area (Å²) in [7, 11) is 0. The van der Waals surface area contributed by atoms with Gasteiger partial charge in [0.1, 0.15) is 6.07 Å². The minimum Gasteiger partial charge on any atom is -0.470 e. The van der Waals surface area contributed by atoms with Crippen LogP contribution in [0.3, 0.4) is 0 Å². The molecule has 0 amide bonds. The highest BCUT2D eigenvalue weighted by Gasteiger charge is 2.27. The largest absolute Gasteiger partial charge is 0.470 e. The smallest absolute Gasteiger partial charge is 0.166 e. The molecule has 0 radical (unpaired) electrons. The number of benzene rings is 2. The third kappa shape index (κ3) is 3.87. The molecule has 1 aliphatic rings. The van der Waals surface area contributed by atoms with Gasteiger partial charge in [-0.05, 0) is 36.4 Å². The van der Waals surface area contributed by atoms with Crippen molar-refractivity contribution in [3.63, 3.8) is 0 Å². The average molecular weight is 427 g/mol. The summed E-state index contributed by atoms with van der Waals surface area (Å²) >= 11 is 24.4. The van der Waals surface area contributed by atoms with Crippen molar-refractivity contribution in [2.45, 2.75) is 0 Å². The van der Waals surface area contributed by atoms with E-state index in [2.05, 4.69) is 11.4 Å². The van der Waals surface area contributed by atoms with Gasteiger partial charge in [-0.1, -0.05) is 52.5 Å². The van der Waals surface area contributed by atoms with E-state index in [-0.39, 0.29) is 6.73 Å². The molecule has 0 atom stereocenters. The molecule has 8 heteroatoms. The number of hydrogen-bond acceptors (Lipinski definition) is 4. The molecule has 0 saturated carbocycles. The van der Waals surface area contributed by atoms with Crippen LogP contribution < -0.4 is 10.2 Å². The maximum atomic E-state index is 9.54. The Morgan fingerprint density at radius 2 is 1.81 bits per heavy atom. The first kappa shape index (κ1) is 18.8. The van der Waals surface area contributed by atoms with E-state index in [0.29, 0.717) is 42.9 Å². The molecule has 2 aromatic rings. The zero-order valence-electron chi connectivity index (χ0n) is 13.1. The Kier molecular flexibility index (Phi) is 5.85. The molecule has 3 rings (SSSR count). The van der Waals surface area contributed by atoms with Crippen LogP contribution in [0.4, 0.5) is 11.4 Å². The summed E-state index contributed by atoms with van der Waals surface area (Å²) in [6.45, 7) is 0.133. The van der Waals surface area contributed by atoms with Crippen LogP contribution in [0, 0.1) is 11.3 Å². The molecule has 0 unspecified atom stereocenters. The first-order valence-electron chi connectivity index (χ1n) is 7.38. The lowest BCUT2D eigenvalue weighted by Crippen LogP contribution is -2.19. The Morgan fingerprint density at radius 1 is 1.08 bits per heavy atom. The third-order valence-electron chi connectivity index (χ3n) is 3.57. The number of para-hydroxylation sites is 1. The summed E-state index contributed by atoms with van der Waals surface area (Å²) in [5.41, 5.74) is 1.51. The lowest BCUT2D eigenvalue weighted by molar-refractivity contribution is 0.257. The normalized spacial score (nSPS) is 13.9. The molecule has 0 bridgehead atoms. The quantitative estimate of drug-likeness (QED) is 0.609. The van der Waals surface area contributed by atoms with Crippen molar-refractivity contribution in [2.75, 3.05) is 16.9 Å². The number of allylic oxidation sites excluding steroid dienone is 2. The van der Waals surface area contributed by atoms with E-state index in [1.54, 1.807) is 53.6 Å². The topological polar surface area (TPSA) is 48.3 Å². The average Bonchev–Trinajstić information content (AvgIpc) is 2.99. The SMILES string of the molecule is N#CC1=C(C=CNc2ccc(Cl)cc2Cl)OCN1c1c(Cl)cccc1Cl. The predicted molar refractivity (Wildman–Crippen MR) is 107 cm³/mol. The molecular formula is C18H11Cl4N3O. The van der Waals surface area contributed by atoms with Gasteiger partial charge in [-0.2, -0.15) is 5.26 Å². The molecule has 2 aromatic carbocycles. The van der Waals surface area contributed by atoms with Crippen LogP contribution in [-0.2, 0) is 4.74 Å². The summed E-state index contributed by atoms with van der Waals surface area (Å²) in [6.07, 6.45) is 3.26. The summed E-state index contributed by atoms with van der Waals surface area (Å²) in [4.78, 5) is 1.62. The second-order valence-electron chi connectivity index (χ2n) is 5.20. The lowest BCUT2D eigenvalue weighted by atomic mass is 10.2. The molecule has 0 spiro atoms. The lowest BCUT2D eigenvalue weighted by Gasteiger charge is -2.18. The minimum absolute atomic E-state index is 0.133. The number of ether oxygens (including phenoxy) is 1. The highest BCUT2D eigenvalue weighted by atomic mass is 35.5. The Balaban J connectivity index is 1.84. The predicted octanol–water partition coefficient (Wildman–Crippen LogP) is 6.46. The number of nitriles is 1. The molecule has 0 fully saturated rings. The number of rotatable bonds is 4. The first-order chi connectivity index (χ1) is 12.5. The Bertz CT molecular complexity index is 930. The number of hydrogen-bond donors (Lipinski definition) is 1. The van der Waals surface area contributed by atoms with Gasteiger partial charge in [0.25, 0.3) is 0 Å². The van der Waals surface area contributed by atoms with Crippen molar-refractivity contribution in [3.8, 4) is 6.07 Å². The monoisotopic (exact) mass is 425 g/mol. The van der Waals surface area contributed by atoms with Crippen LogP contribution in [0.15, 0.2) is 60.1 Å². The molecule has 26 heavy (non-hydrogen) atoms. The van der Waals surface area contributed by atoms with Gasteiger partial charge in [-0.15, -0.1) is 0 Å². The zero-order chi connectivity index (χ0) is 18.7. The standard InChI is InChI=1S/C18H11Cl4N3O/c19-11-4-5-15(14(22)8-11)24-7-6-17-16(9-23)25(10-26-17)18-12(20)2-1-3-13(18)21/h1-8,24H,10H2. The van der Waals surface area contributed by atoms with Crippen molar-refractivity contribution < 1.29 is 4.74 Å². The van der Waals surface area contributed by atoms with Crippen LogP contribution in [0.25, 0.3) is 0 Å². The van der Waals surface area contributed by atoms with Crippen LogP contribution in [0.5, 0.6) is 0 Å². The summed E-state index contributed by atoms with van der Waals surface area (Å²) in [5, 5.41) is 14.5. The van der Waals surface area contributed by atoms with Gasteiger partial charge in [0, 0.05) is 11.2 Å². The van der Waals surface area contributed by atoms with Crippen LogP contribution in [0.1, 0.15) is 0 Å². The number of halogens is 4. The Hall–Kier alpha value is -2.03. The first-order valence-corrected chi connectivity index (χ1v) is 8.89. The van der Waals surface area contributed by atoms with Crippen molar-refractivity contribution in [2.24, 2.45) is 0 Å². The minimum atomic E-state index is 0.133. The van der Waals surface area contributed by atoms with Crippen molar-refractivity contribution in [1.29, 1.82) is 5.26 Å². The van der Waals surface area contributed by atoms with E-state index in [0.717, 1.165) is 0 Å². The summed E-state index contributed by atoms with van der Waals surface area (Å²) in [5.74, 6) is 0.390. The van der Waals surface area contributed by atoms with E-state index < -0.39 is 0 Å². The molecule has 1 heterocycles. The summed E-state index contributed by atoms with van der Waals surface area (Å²) < 4.78 is 5.61. The van der Waals surface area contributed by atoms with E-state index in [9.17, 15) is 5.26 Å². The summed E-state index contributed by atoms with van der Waals surface area (Å²) in [6, 6.07) is 12.4. The fourth-order valence-electron chi connectivity index (χ4n) is 2.38. The highest BCUT2D eigenvalue weighted by molar-refractivity contribution is 6.39. The third-order valence-corrected chi connectivity index (χ3v) is 4.73. The van der Waals surface area contributed by atoms with Crippen molar-refractivity contribution in [1.82, 2.24) is 0 Å². The van der Waals surface area contributed by atoms with Gasteiger partial charge in [0.15, 0.2) is 18.2 Å². The molecule has 0 saturated heterocycles. The van der Waals surface area contributed by atoms with Gasteiger partial charge in [-0.3, -0.25) is 4.90 Å². The van der Waals surface area contributed by atoms with Gasteiger partial charge < -0.3 is 10.1 Å². The van der Waals surface area contributed by atoms with E-state index in [4.69, 9.17) is 51.1 Å². The molecule has 1 aliphatic heterocycles. The van der Waals surface area contributed by atoms with Gasteiger partial charge in [0.2, 0.25) is 0 Å². The molecule has 0 aliphatic carbocycles. The van der Waals surface area contributed by atoms with E-state index in [1.807, 2.05) is 0 Å². The zero-order valence-corrected chi connectivity index (χ0v) is 16.2. The molecule has 4 nitrogen and oxygen atoms in total. The van der Waals surface area contributed by atoms with Gasteiger partial charge >= 0.3 is 0 Å². The van der Waals surface area contributed by atoms with Gasteiger partial charge in [0.05, 0.1) is 26.4 Å². The second kappa shape index (κ2) is 8.11. The fourth-order valence-corrected chi connectivity index (χ4v) is 3.44. The molecule has 1 N–H and O–H groups in total. The Morgan fingerprint density at radius 3 is 2.46 bits per heavy atom. The number of anilines is 2. The van der Waals surface area contributed by atoms with Crippen molar-refractivity contribution >= 4 is 57.8 Å². The highest BCUT2D eigenvalue weighted by Crippen LogP contribution is 2.38. The molecule has 0 aromatic heterocycles. The number of nitrogens with one attached hydrogen (secondary N) is 1. The van der Waals surface area contributed by atoms with Crippen molar-refractivity contribution in [3.05, 3.63) is 80.2 Å². The Labute approximate surface area is 170 Å². The maximum Gasteiger partial charge on any atom is 0.166 e. The van der Waals surface area contributed by atoms with Crippen LogP contribution >= 0.6 is 46.4 Å². The fraction of sp³-hybridized carbons (Fsp3) is 0.0556. The molecular weight excluding hydrogens is 416 g/mol.